The Kier molecular flexibility index (Phi) is 2.37. The highest BCUT2D eigenvalue weighted by molar-refractivity contribution is 6.01. The standard InChI is InChI=1S/C17H18O4/c1-16-6-3-7-17(21-15(16)19)12-8-10(20-2)4-5-11(12)13(18)9-14(16)17/h4-5,8,14H,3,6-7,9H2,1-2H3/t14-,16+,17-/m0/s1. The molecule has 110 valence electrons. The van der Waals surface area contributed by atoms with E-state index in [1.165, 1.54) is 0 Å². The van der Waals surface area contributed by atoms with Crippen LogP contribution in [0.2, 0.25) is 0 Å². The van der Waals surface area contributed by atoms with E-state index < -0.39 is 11.0 Å². The second-order valence-electron chi connectivity index (χ2n) is 6.64. The fraction of sp³-hybridized carbons (Fsp3) is 0.529. The van der Waals surface area contributed by atoms with Gasteiger partial charge in [0.2, 0.25) is 0 Å². The molecule has 2 fully saturated rings. The summed E-state index contributed by atoms with van der Waals surface area (Å²) in [5, 5.41) is 0. The molecule has 3 aliphatic rings. The van der Waals surface area contributed by atoms with Crippen LogP contribution in [0.15, 0.2) is 18.2 Å². The second-order valence-corrected chi connectivity index (χ2v) is 6.64. The van der Waals surface area contributed by atoms with E-state index in [9.17, 15) is 9.59 Å². The third kappa shape index (κ3) is 1.40. The molecule has 0 radical (unpaired) electrons. The van der Waals surface area contributed by atoms with Crippen molar-refractivity contribution in [3.05, 3.63) is 29.3 Å². The van der Waals surface area contributed by atoms with Crippen LogP contribution in [0.4, 0.5) is 0 Å². The summed E-state index contributed by atoms with van der Waals surface area (Å²) >= 11 is 0. The Morgan fingerprint density at radius 2 is 2.10 bits per heavy atom. The van der Waals surface area contributed by atoms with Gasteiger partial charge in [-0.2, -0.15) is 0 Å². The van der Waals surface area contributed by atoms with Crippen molar-refractivity contribution in [2.45, 2.75) is 38.2 Å². The Balaban J connectivity index is 1.97. The maximum atomic E-state index is 12.5. The van der Waals surface area contributed by atoms with Gasteiger partial charge in [0.05, 0.1) is 12.5 Å². The van der Waals surface area contributed by atoms with E-state index in [4.69, 9.17) is 9.47 Å². The molecule has 1 aromatic carbocycles. The summed E-state index contributed by atoms with van der Waals surface area (Å²) in [4.78, 5) is 24.9. The largest absolute Gasteiger partial charge is 0.497 e. The fourth-order valence-electron chi connectivity index (χ4n) is 4.54. The van der Waals surface area contributed by atoms with Crippen molar-refractivity contribution in [1.82, 2.24) is 0 Å². The molecule has 1 heterocycles. The minimum Gasteiger partial charge on any atom is -0.497 e. The normalized spacial score (nSPS) is 36.8. The summed E-state index contributed by atoms with van der Waals surface area (Å²) in [7, 11) is 1.60. The third-order valence-electron chi connectivity index (χ3n) is 5.69. The van der Waals surface area contributed by atoms with Crippen molar-refractivity contribution in [2.24, 2.45) is 11.3 Å². The van der Waals surface area contributed by atoms with Gasteiger partial charge in [0.15, 0.2) is 5.78 Å². The molecule has 0 spiro atoms. The van der Waals surface area contributed by atoms with Crippen LogP contribution in [-0.2, 0) is 15.1 Å². The highest BCUT2D eigenvalue weighted by Gasteiger charge is 2.67. The number of methoxy groups -OCH3 is 1. The molecular weight excluding hydrogens is 268 g/mol. The summed E-state index contributed by atoms with van der Waals surface area (Å²) < 4.78 is 11.2. The third-order valence-corrected chi connectivity index (χ3v) is 5.69. The number of hydrogen-bond acceptors (Lipinski definition) is 4. The zero-order valence-corrected chi connectivity index (χ0v) is 12.3. The average Bonchev–Trinajstić information content (AvgIpc) is 2.61. The van der Waals surface area contributed by atoms with Crippen LogP contribution in [0.1, 0.15) is 48.5 Å². The molecule has 2 bridgehead atoms. The molecule has 1 saturated heterocycles. The molecule has 4 nitrogen and oxygen atoms in total. The molecule has 0 aromatic heterocycles. The van der Waals surface area contributed by atoms with E-state index in [1.54, 1.807) is 19.2 Å². The lowest BCUT2D eigenvalue weighted by Crippen LogP contribution is -2.46. The first-order valence-corrected chi connectivity index (χ1v) is 7.46. The molecule has 21 heavy (non-hydrogen) atoms. The number of ether oxygens (including phenoxy) is 2. The van der Waals surface area contributed by atoms with Crippen LogP contribution < -0.4 is 4.74 Å². The van der Waals surface area contributed by atoms with E-state index in [0.717, 1.165) is 24.8 Å². The number of ketones is 1. The first kappa shape index (κ1) is 12.9. The number of esters is 1. The summed E-state index contributed by atoms with van der Waals surface area (Å²) in [5.41, 5.74) is 0.391. The molecule has 1 aromatic rings. The van der Waals surface area contributed by atoms with Gasteiger partial charge in [0.25, 0.3) is 0 Å². The molecule has 2 aliphatic carbocycles. The van der Waals surface area contributed by atoms with Crippen molar-refractivity contribution in [2.75, 3.05) is 7.11 Å². The van der Waals surface area contributed by atoms with Crippen molar-refractivity contribution in [3.8, 4) is 5.75 Å². The molecule has 0 unspecified atom stereocenters. The Morgan fingerprint density at radius 3 is 2.86 bits per heavy atom. The molecule has 3 atom stereocenters. The first-order chi connectivity index (χ1) is 10.0. The van der Waals surface area contributed by atoms with Gasteiger partial charge in [-0.3, -0.25) is 9.59 Å². The van der Waals surface area contributed by atoms with Crippen LogP contribution in [0.3, 0.4) is 0 Å². The Hall–Kier alpha value is -1.84. The number of hydrogen-bond donors (Lipinski definition) is 0. The number of carbonyl (C=O) groups is 2. The fourth-order valence-corrected chi connectivity index (χ4v) is 4.54. The van der Waals surface area contributed by atoms with Crippen LogP contribution >= 0.6 is 0 Å². The van der Waals surface area contributed by atoms with Gasteiger partial charge in [-0.15, -0.1) is 0 Å². The summed E-state index contributed by atoms with van der Waals surface area (Å²) in [5.74, 6) is 0.623. The smallest absolute Gasteiger partial charge is 0.313 e. The van der Waals surface area contributed by atoms with Crippen LogP contribution in [0.5, 0.6) is 5.75 Å². The lowest BCUT2D eigenvalue weighted by Gasteiger charge is -2.45. The van der Waals surface area contributed by atoms with Crippen molar-refractivity contribution in [1.29, 1.82) is 0 Å². The SMILES string of the molecule is COc1ccc2c(c1)[C@]13CCC[C@@](C)(C(=O)O1)[C@@H]3CC2=O. The predicted molar refractivity (Wildman–Crippen MR) is 75.2 cm³/mol. The van der Waals surface area contributed by atoms with Crippen molar-refractivity contribution in [3.63, 3.8) is 0 Å². The molecule has 1 saturated carbocycles. The monoisotopic (exact) mass is 286 g/mol. The lowest BCUT2D eigenvalue weighted by atomic mass is 9.56. The summed E-state index contributed by atoms with van der Waals surface area (Å²) in [6.07, 6.45) is 2.96. The van der Waals surface area contributed by atoms with Gasteiger partial charge in [0, 0.05) is 23.5 Å². The van der Waals surface area contributed by atoms with Crippen LogP contribution in [0.25, 0.3) is 0 Å². The van der Waals surface area contributed by atoms with Crippen LogP contribution in [-0.4, -0.2) is 18.9 Å². The Labute approximate surface area is 123 Å². The van der Waals surface area contributed by atoms with E-state index >= 15 is 0 Å². The maximum Gasteiger partial charge on any atom is 0.313 e. The van der Waals surface area contributed by atoms with Gasteiger partial charge in [-0.25, -0.2) is 0 Å². The van der Waals surface area contributed by atoms with Crippen LogP contribution in [0, 0.1) is 11.3 Å². The van der Waals surface area contributed by atoms with E-state index in [2.05, 4.69) is 0 Å². The number of benzene rings is 1. The van der Waals surface area contributed by atoms with Crippen molar-refractivity contribution >= 4 is 11.8 Å². The number of rotatable bonds is 1. The topological polar surface area (TPSA) is 52.6 Å². The summed E-state index contributed by atoms with van der Waals surface area (Å²) in [6.45, 7) is 1.96. The maximum absolute atomic E-state index is 12.5. The predicted octanol–water partition coefficient (Wildman–Crippen LogP) is 2.84. The zero-order valence-electron chi connectivity index (χ0n) is 12.3. The minimum absolute atomic E-state index is 0.0432. The molecular formula is C17H18O4. The number of fused-ring (bicyclic) bond motifs is 1. The first-order valence-electron chi connectivity index (χ1n) is 7.46. The summed E-state index contributed by atoms with van der Waals surface area (Å²) in [6, 6.07) is 5.48. The molecule has 0 amide bonds. The quantitative estimate of drug-likeness (QED) is 0.745. The van der Waals surface area contributed by atoms with Gasteiger partial charge in [-0.1, -0.05) is 0 Å². The molecule has 4 rings (SSSR count). The van der Waals surface area contributed by atoms with Gasteiger partial charge in [-0.05, 0) is 44.4 Å². The highest BCUT2D eigenvalue weighted by atomic mass is 16.6. The second kappa shape index (κ2) is 3.87. The van der Waals surface area contributed by atoms with E-state index in [-0.39, 0.29) is 17.7 Å². The van der Waals surface area contributed by atoms with Gasteiger partial charge >= 0.3 is 5.97 Å². The lowest BCUT2D eigenvalue weighted by molar-refractivity contribution is -0.153. The Morgan fingerprint density at radius 1 is 1.29 bits per heavy atom. The number of Topliss-reactive ketones (excluding diaryl/α,β-unsaturated/α-hetero) is 1. The molecule has 0 N–H and O–H groups in total. The van der Waals surface area contributed by atoms with E-state index in [0.29, 0.717) is 17.7 Å². The van der Waals surface area contributed by atoms with E-state index in [1.807, 2.05) is 13.0 Å². The highest BCUT2D eigenvalue weighted by Crippen LogP contribution is 2.63. The zero-order chi connectivity index (χ0) is 14.8. The Bertz CT molecular complexity index is 665. The average molecular weight is 286 g/mol. The molecule has 1 aliphatic heterocycles. The van der Waals surface area contributed by atoms with Crippen molar-refractivity contribution < 1.29 is 19.1 Å². The van der Waals surface area contributed by atoms with Gasteiger partial charge in [0.1, 0.15) is 11.4 Å². The minimum atomic E-state index is -0.623. The number of carbonyl (C=O) groups excluding carboxylic acids is 2. The molecule has 4 heteroatoms. The van der Waals surface area contributed by atoms with Gasteiger partial charge < -0.3 is 9.47 Å².